The molecule has 0 aliphatic carbocycles. The number of hydrogen-bond donors (Lipinski definition) is 1. The molecule has 23 heavy (non-hydrogen) atoms. The lowest BCUT2D eigenvalue weighted by atomic mass is 10.2. The molecule has 0 unspecified atom stereocenters. The molecule has 0 saturated heterocycles. The minimum atomic E-state index is -3.57. The molecule has 2 rings (SSSR count). The highest BCUT2D eigenvalue weighted by Gasteiger charge is 2.22. The number of aryl methyl sites for hydroxylation is 1. The summed E-state index contributed by atoms with van der Waals surface area (Å²) in [5.74, 6) is -0.348. The predicted molar refractivity (Wildman–Crippen MR) is 87.9 cm³/mol. The zero-order valence-electron chi connectivity index (χ0n) is 13.4. The molecule has 1 amide bonds. The maximum atomic E-state index is 12.6. The van der Waals surface area contributed by atoms with Gasteiger partial charge in [-0.15, -0.1) is 0 Å². The van der Waals surface area contributed by atoms with Crippen molar-refractivity contribution in [1.29, 1.82) is 0 Å². The van der Waals surface area contributed by atoms with Gasteiger partial charge >= 0.3 is 0 Å². The van der Waals surface area contributed by atoms with Crippen LogP contribution in [0.5, 0.6) is 0 Å². The largest absolute Gasteiger partial charge is 0.472 e. The van der Waals surface area contributed by atoms with Crippen LogP contribution in [0.2, 0.25) is 0 Å². The fourth-order valence-corrected chi connectivity index (χ4v) is 3.68. The predicted octanol–water partition coefficient (Wildman–Crippen LogP) is 2.87. The zero-order chi connectivity index (χ0) is 17.0. The molecule has 0 saturated carbocycles. The topological polar surface area (TPSA) is 79.6 Å². The molecule has 2 aromatic rings. The normalized spacial score (nSPS) is 11.7. The molecule has 0 atom stereocenters. The van der Waals surface area contributed by atoms with Crippen LogP contribution in [0.25, 0.3) is 0 Å². The van der Waals surface area contributed by atoms with Crippen molar-refractivity contribution in [1.82, 2.24) is 4.31 Å². The number of amides is 1. The van der Waals surface area contributed by atoms with Gasteiger partial charge in [0.2, 0.25) is 10.0 Å². The van der Waals surface area contributed by atoms with E-state index in [-0.39, 0.29) is 10.8 Å². The number of rotatable bonds is 6. The number of anilines is 1. The minimum absolute atomic E-state index is 0.161. The first-order chi connectivity index (χ1) is 10.9. The summed E-state index contributed by atoms with van der Waals surface area (Å²) in [5.41, 5.74) is 1.62. The minimum Gasteiger partial charge on any atom is -0.472 e. The van der Waals surface area contributed by atoms with Crippen LogP contribution in [-0.4, -0.2) is 31.7 Å². The summed E-state index contributed by atoms with van der Waals surface area (Å²) in [5, 5.41) is 2.72. The van der Waals surface area contributed by atoms with Crippen molar-refractivity contribution in [2.24, 2.45) is 0 Å². The molecule has 6 nitrogen and oxygen atoms in total. The number of hydrogen-bond acceptors (Lipinski definition) is 4. The number of furan rings is 1. The van der Waals surface area contributed by atoms with Crippen molar-refractivity contribution in [3.63, 3.8) is 0 Å². The van der Waals surface area contributed by atoms with Crippen LogP contribution in [0.15, 0.2) is 46.1 Å². The molecule has 0 radical (unpaired) electrons. The van der Waals surface area contributed by atoms with Gasteiger partial charge in [0.15, 0.2) is 0 Å². The molecule has 1 aromatic heterocycles. The molecule has 0 fully saturated rings. The van der Waals surface area contributed by atoms with E-state index < -0.39 is 10.0 Å². The highest BCUT2D eigenvalue weighted by atomic mass is 32.2. The summed E-state index contributed by atoms with van der Waals surface area (Å²) >= 11 is 0. The van der Waals surface area contributed by atoms with Gasteiger partial charge in [0.25, 0.3) is 5.91 Å². The molecule has 1 aromatic carbocycles. The van der Waals surface area contributed by atoms with Crippen LogP contribution in [0, 0.1) is 6.92 Å². The third-order valence-corrected chi connectivity index (χ3v) is 5.63. The Hall–Kier alpha value is -2.12. The van der Waals surface area contributed by atoms with Gasteiger partial charge in [0, 0.05) is 18.8 Å². The van der Waals surface area contributed by atoms with E-state index in [0.717, 1.165) is 5.56 Å². The molecule has 0 aliphatic heterocycles. The van der Waals surface area contributed by atoms with Crippen LogP contribution >= 0.6 is 0 Å². The molecule has 0 aliphatic rings. The van der Waals surface area contributed by atoms with Crippen molar-refractivity contribution < 1.29 is 17.6 Å². The fourth-order valence-electron chi connectivity index (χ4n) is 2.20. The van der Waals surface area contributed by atoms with Gasteiger partial charge in [-0.3, -0.25) is 4.79 Å². The first kappa shape index (κ1) is 17.2. The number of carbonyl (C=O) groups is 1. The Labute approximate surface area is 136 Å². The molecular formula is C16H20N2O4S. The number of carbonyl (C=O) groups excluding carboxylic acids is 1. The van der Waals surface area contributed by atoms with E-state index in [9.17, 15) is 13.2 Å². The van der Waals surface area contributed by atoms with Gasteiger partial charge in [-0.2, -0.15) is 4.31 Å². The first-order valence-electron chi connectivity index (χ1n) is 7.34. The second-order valence-electron chi connectivity index (χ2n) is 5.03. The Morgan fingerprint density at radius 2 is 1.91 bits per heavy atom. The lowest BCUT2D eigenvalue weighted by Gasteiger charge is -2.19. The summed E-state index contributed by atoms with van der Waals surface area (Å²) < 4.78 is 31.4. The van der Waals surface area contributed by atoms with Crippen LogP contribution in [0.3, 0.4) is 0 Å². The first-order valence-corrected chi connectivity index (χ1v) is 8.78. The van der Waals surface area contributed by atoms with Gasteiger partial charge in [-0.1, -0.05) is 19.9 Å². The van der Waals surface area contributed by atoms with Gasteiger partial charge in [0.05, 0.1) is 16.7 Å². The number of sulfonamides is 1. The second-order valence-corrected chi connectivity index (χ2v) is 6.97. The fraction of sp³-hybridized carbons (Fsp3) is 0.312. The van der Waals surface area contributed by atoms with E-state index in [4.69, 9.17) is 4.42 Å². The average molecular weight is 336 g/mol. The van der Waals surface area contributed by atoms with Gasteiger partial charge < -0.3 is 9.73 Å². The SMILES string of the molecule is CCN(CC)S(=O)(=O)c1ccc(C)c(NC(=O)c2ccoc2)c1. The number of nitrogens with zero attached hydrogens (tertiary/aromatic N) is 1. The molecule has 1 heterocycles. The van der Waals surface area contributed by atoms with E-state index in [1.807, 2.05) is 0 Å². The number of nitrogens with one attached hydrogen (secondary N) is 1. The Kier molecular flexibility index (Phi) is 5.23. The van der Waals surface area contributed by atoms with E-state index in [2.05, 4.69) is 5.32 Å². The third kappa shape index (κ3) is 3.62. The standard InChI is InChI=1S/C16H20N2O4S/c1-4-18(5-2)23(20,21)14-7-6-12(3)15(10-14)17-16(19)13-8-9-22-11-13/h6-11H,4-5H2,1-3H3,(H,17,19). The van der Waals surface area contributed by atoms with Crippen molar-refractivity contribution >= 4 is 21.6 Å². The van der Waals surface area contributed by atoms with Gasteiger partial charge in [-0.05, 0) is 30.7 Å². The van der Waals surface area contributed by atoms with Crippen LogP contribution < -0.4 is 5.32 Å². The van der Waals surface area contributed by atoms with Gasteiger partial charge in [-0.25, -0.2) is 8.42 Å². The Bertz CT molecular complexity index is 778. The summed E-state index contributed by atoms with van der Waals surface area (Å²) in [6.07, 6.45) is 2.74. The van der Waals surface area contributed by atoms with Crippen molar-refractivity contribution in [2.45, 2.75) is 25.7 Å². The van der Waals surface area contributed by atoms with Gasteiger partial charge in [0.1, 0.15) is 6.26 Å². The average Bonchev–Trinajstić information content (AvgIpc) is 3.04. The Balaban J connectivity index is 2.34. The monoisotopic (exact) mass is 336 g/mol. The van der Waals surface area contributed by atoms with E-state index in [0.29, 0.717) is 24.3 Å². The van der Waals surface area contributed by atoms with Crippen LogP contribution in [0.1, 0.15) is 29.8 Å². The summed E-state index contributed by atoms with van der Waals surface area (Å²) in [4.78, 5) is 12.3. The maximum absolute atomic E-state index is 12.6. The quantitative estimate of drug-likeness (QED) is 0.879. The van der Waals surface area contributed by atoms with E-state index in [1.165, 1.54) is 22.9 Å². The molecule has 124 valence electrons. The maximum Gasteiger partial charge on any atom is 0.258 e. The molecule has 0 spiro atoms. The molecule has 0 bridgehead atoms. The highest BCUT2D eigenvalue weighted by Crippen LogP contribution is 2.23. The van der Waals surface area contributed by atoms with E-state index in [1.54, 1.807) is 39.0 Å². The second kappa shape index (κ2) is 6.97. The summed E-state index contributed by atoms with van der Waals surface area (Å²) in [6, 6.07) is 6.26. The molecular weight excluding hydrogens is 316 g/mol. The Morgan fingerprint density at radius 3 is 2.48 bits per heavy atom. The van der Waals surface area contributed by atoms with Crippen molar-refractivity contribution in [3.8, 4) is 0 Å². The lowest BCUT2D eigenvalue weighted by Crippen LogP contribution is -2.30. The van der Waals surface area contributed by atoms with E-state index >= 15 is 0 Å². The number of benzene rings is 1. The summed E-state index contributed by atoms with van der Waals surface area (Å²) in [6.45, 7) is 6.17. The van der Waals surface area contributed by atoms with Crippen molar-refractivity contribution in [3.05, 3.63) is 47.9 Å². The molecule has 1 N–H and O–H groups in total. The van der Waals surface area contributed by atoms with Crippen LogP contribution in [-0.2, 0) is 10.0 Å². The molecule has 7 heteroatoms. The highest BCUT2D eigenvalue weighted by molar-refractivity contribution is 7.89. The smallest absolute Gasteiger partial charge is 0.258 e. The zero-order valence-corrected chi connectivity index (χ0v) is 14.2. The van der Waals surface area contributed by atoms with Crippen LogP contribution in [0.4, 0.5) is 5.69 Å². The van der Waals surface area contributed by atoms with Crippen molar-refractivity contribution in [2.75, 3.05) is 18.4 Å². The Morgan fingerprint density at radius 1 is 1.22 bits per heavy atom. The lowest BCUT2D eigenvalue weighted by molar-refractivity contribution is 0.102. The third-order valence-electron chi connectivity index (χ3n) is 3.58. The summed E-state index contributed by atoms with van der Waals surface area (Å²) in [7, 11) is -3.57.